The lowest BCUT2D eigenvalue weighted by atomic mass is 10.2. The molecule has 0 fully saturated rings. The van der Waals surface area contributed by atoms with Crippen LogP contribution in [-0.4, -0.2) is 4.98 Å². The first kappa shape index (κ1) is 8.41. The van der Waals surface area contributed by atoms with Crippen molar-refractivity contribution < 1.29 is 4.39 Å². The van der Waals surface area contributed by atoms with Gasteiger partial charge < -0.3 is 0 Å². The molecule has 3 heteroatoms. The Morgan fingerprint density at radius 1 is 1.67 bits per heavy atom. The molecule has 1 aromatic heterocycles. The largest absolute Gasteiger partial charge is 0.228 e. The van der Waals surface area contributed by atoms with Gasteiger partial charge in [-0.05, 0) is 11.6 Å². The van der Waals surface area contributed by atoms with E-state index >= 15 is 0 Å². The highest BCUT2D eigenvalue weighted by Crippen LogP contribution is 2.02. The number of hydrogen-bond donors (Lipinski definition) is 0. The maximum atomic E-state index is 12.5. The fourth-order valence-corrected chi connectivity index (χ4v) is 0.769. The molecule has 1 rings (SSSR count). The van der Waals surface area contributed by atoms with E-state index in [0.29, 0.717) is 6.42 Å². The summed E-state index contributed by atoms with van der Waals surface area (Å²) < 4.78 is 12.5. The van der Waals surface area contributed by atoms with Crippen LogP contribution in [0.5, 0.6) is 0 Å². The van der Waals surface area contributed by atoms with E-state index in [2.05, 4.69) is 4.98 Å². The molecule has 1 heterocycles. The third-order valence-corrected chi connectivity index (χ3v) is 1.27. The van der Waals surface area contributed by atoms with Gasteiger partial charge in [-0.3, -0.25) is 0 Å². The second-order valence-electron chi connectivity index (χ2n) is 2.18. The highest BCUT2D eigenvalue weighted by atomic mass is 19.1. The van der Waals surface area contributed by atoms with E-state index in [1.807, 2.05) is 6.07 Å². The Labute approximate surface area is 70.0 Å². The lowest BCUT2D eigenvalue weighted by Gasteiger charge is -1.90. The van der Waals surface area contributed by atoms with Crippen molar-refractivity contribution in [1.29, 1.82) is 5.26 Å². The molecular weight excluding hydrogens is 155 g/mol. The quantitative estimate of drug-likeness (QED) is 0.624. The summed E-state index contributed by atoms with van der Waals surface area (Å²) in [7, 11) is 0. The molecule has 1 aromatic rings. The molecule has 0 amide bonds. The first-order chi connectivity index (χ1) is 5.83. The summed E-state index contributed by atoms with van der Waals surface area (Å²) in [5.74, 6) is -0.505. The van der Waals surface area contributed by atoms with E-state index in [1.165, 1.54) is 12.3 Å². The molecule has 0 aliphatic heterocycles. The number of pyridine rings is 1. The Balaban J connectivity index is 2.71. The summed E-state index contributed by atoms with van der Waals surface area (Å²) in [5.41, 5.74) is 0.720. The maximum absolute atomic E-state index is 12.5. The smallest absolute Gasteiger partial charge is 0.213 e. The summed E-state index contributed by atoms with van der Waals surface area (Å²) in [5, 5.41) is 8.21. The first-order valence-electron chi connectivity index (χ1n) is 3.48. The topological polar surface area (TPSA) is 36.7 Å². The van der Waals surface area contributed by atoms with Gasteiger partial charge >= 0.3 is 0 Å². The summed E-state index contributed by atoms with van der Waals surface area (Å²) in [6, 6.07) is 4.95. The van der Waals surface area contributed by atoms with E-state index in [1.54, 1.807) is 18.2 Å². The third kappa shape index (κ3) is 2.51. The van der Waals surface area contributed by atoms with Gasteiger partial charge in [0.1, 0.15) is 0 Å². The van der Waals surface area contributed by atoms with Crippen LogP contribution in [0.3, 0.4) is 0 Å². The molecule has 2 nitrogen and oxygen atoms in total. The van der Waals surface area contributed by atoms with Crippen LogP contribution in [-0.2, 0) is 0 Å². The number of allylic oxidation sites excluding steroid dienone is 1. The van der Waals surface area contributed by atoms with Gasteiger partial charge in [0.05, 0.1) is 12.5 Å². The van der Waals surface area contributed by atoms with Crippen molar-refractivity contribution in [2.45, 2.75) is 6.42 Å². The second kappa shape index (κ2) is 4.24. The van der Waals surface area contributed by atoms with Crippen molar-refractivity contribution in [3.05, 3.63) is 35.9 Å². The van der Waals surface area contributed by atoms with Crippen LogP contribution < -0.4 is 0 Å². The zero-order valence-electron chi connectivity index (χ0n) is 6.37. The Morgan fingerprint density at radius 2 is 2.50 bits per heavy atom. The summed E-state index contributed by atoms with van der Waals surface area (Å²) in [6.07, 6.45) is 5.09. The molecule has 0 radical (unpaired) electrons. The molecule has 0 atom stereocenters. The van der Waals surface area contributed by atoms with Crippen LogP contribution in [0.4, 0.5) is 4.39 Å². The normalized spacial score (nSPS) is 10.0. The van der Waals surface area contributed by atoms with Gasteiger partial charge in [0.2, 0.25) is 5.95 Å². The standard InChI is InChI=1S/C9H7FN2/c10-9-7-8(4-6-12-9)3-1-2-5-11/h1,3-4,6-7H,2H2. The summed E-state index contributed by atoms with van der Waals surface area (Å²) in [4.78, 5) is 3.40. The number of aromatic nitrogens is 1. The average molecular weight is 162 g/mol. The van der Waals surface area contributed by atoms with Gasteiger partial charge in [-0.25, -0.2) is 4.98 Å². The Bertz CT molecular complexity index is 326. The molecule has 12 heavy (non-hydrogen) atoms. The predicted molar refractivity (Wildman–Crippen MR) is 43.5 cm³/mol. The van der Waals surface area contributed by atoms with Gasteiger partial charge in [-0.15, -0.1) is 0 Å². The van der Waals surface area contributed by atoms with Crippen molar-refractivity contribution in [1.82, 2.24) is 4.98 Å². The van der Waals surface area contributed by atoms with Crippen LogP contribution in [0.25, 0.3) is 6.08 Å². The van der Waals surface area contributed by atoms with E-state index < -0.39 is 5.95 Å². The molecule has 0 saturated heterocycles. The van der Waals surface area contributed by atoms with E-state index in [-0.39, 0.29) is 0 Å². The van der Waals surface area contributed by atoms with Crippen molar-refractivity contribution in [2.75, 3.05) is 0 Å². The van der Waals surface area contributed by atoms with Crippen LogP contribution in [0.2, 0.25) is 0 Å². The van der Waals surface area contributed by atoms with Crippen LogP contribution in [0, 0.1) is 17.3 Å². The van der Waals surface area contributed by atoms with E-state index in [4.69, 9.17) is 5.26 Å². The fraction of sp³-hybridized carbons (Fsp3) is 0.111. The van der Waals surface area contributed by atoms with Crippen molar-refractivity contribution in [3.63, 3.8) is 0 Å². The lowest BCUT2D eigenvalue weighted by molar-refractivity contribution is 0.583. The number of rotatable bonds is 2. The number of halogens is 1. The third-order valence-electron chi connectivity index (χ3n) is 1.27. The summed E-state index contributed by atoms with van der Waals surface area (Å²) in [6.45, 7) is 0. The van der Waals surface area contributed by atoms with Crippen molar-refractivity contribution in [2.24, 2.45) is 0 Å². The van der Waals surface area contributed by atoms with Crippen molar-refractivity contribution >= 4 is 6.08 Å². The SMILES string of the molecule is N#CCC=Cc1ccnc(F)c1. The average Bonchev–Trinajstić information content (AvgIpc) is 2.05. The highest BCUT2D eigenvalue weighted by Gasteiger charge is 1.89. The molecule has 0 bridgehead atoms. The van der Waals surface area contributed by atoms with Gasteiger partial charge in [0.15, 0.2) is 0 Å². The molecule has 0 spiro atoms. The number of nitriles is 1. The van der Waals surface area contributed by atoms with Gasteiger partial charge in [-0.2, -0.15) is 9.65 Å². The molecule has 0 saturated carbocycles. The van der Waals surface area contributed by atoms with Crippen LogP contribution in [0.1, 0.15) is 12.0 Å². The number of hydrogen-bond acceptors (Lipinski definition) is 2. The molecule has 0 unspecified atom stereocenters. The highest BCUT2D eigenvalue weighted by molar-refractivity contribution is 5.48. The predicted octanol–water partition coefficient (Wildman–Crippen LogP) is 2.15. The monoisotopic (exact) mass is 162 g/mol. The molecule has 0 N–H and O–H groups in total. The van der Waals surface area contributed by atoms with E-state index in [0.717, 1.165) is 5.56 Å². The molecule has 0 aromatic carbocycles. The minimum absolute atomic E-state index is 0.337. The minimum Gasteiger partial charge on any atom is -0.228 e. The first-order valence-corrected chi connectivity index (χ1v) is 3.48. The van der Waals surface area contributed by atoms with Crippen LogP contribution in [0.15, 0.2) is 24.4 Å². The van der Waals surface area contributed by atoms with Crippen LogP contribution >= 0.6 is 0 Å². The molecular formula is C9H7FN2. The zero-order valence-corrected chi connectivity index (χ0v) is 6.37. The second-order valence-corrected chi connectivity index (χ2v) is 2.18. The molecule has 60 valence electrons. The maximum Gasteiger partial charge on any atom is 0.213 e. The van der Waals surface area contributed by atoms with Gasteiger partial charge in [-0.1, -0.05) is 12.2 Å². The Hall–Kier alpha value is -1.69. The minimum atomic E-state index is -0.505. The molecule has 0 aliphatic rings. The Kier molecular flexibility index (Phi) is 2.97. The Morgan fingerprint density at radius 3 is 3.17 bits per heavy atom. The van der Waals surface area contributed by atoms with Gasteiger partial charge in [0.25, 0.3) is 0 Å². The zero-order chi connectivity index (χ0) is 8.81. The number of nitrogens with zero attached hydrogens (tertiary/aromatic N) is 2. The fourth-order valence-electron chi connectivity index (χ4n) is 0.769. The van der Waals surface area contributed by atoms with Crippen molar-refractivity contribution in [3.8, 4) is 6.07 Å². The summed E-state index contributed by atoms with van der Waals surface area (Å²) >= 11 is 0. The molecule has 0 aliphatic carbocycles. The van der Waals surface area contributed by atoms with Gasteiger partial charge in [0, 0.05) is 12.3 Å². The van der Waals surface area contributed by atoms with E-state index in [9.17, 15) is 4.39 Å². The lowest BCUT2D eigenvalue weighted by Crippen LogP contribution is -1.80.